The molecule has 2 fully saturated rings. The van der Waals surface area contributed by atoms with Crippen LogP contribution in [-0.2, 0) is 6.18 Å². The van der Waals surface area contributed by atoms with Crippen molar-refractivity contribution in [2.75, 3.05) is 18.0 Å². The molecule has 1 amide bonds. The quantitative estimate of drug-likeness (QED) is 0.654. The lowest BCUT2D eigenvalue weighted by Crippen LogP contribution is -2.49. The summed E-state index contributed by atoms with van der Waals surface area (Å²) in [4.78, 5) is 24.9. The third-order valence-electron chi connectivity index (χ3n) is 5.48. The monoisotopic (exact) mass is 415 g/mol. The summed E-state index contributed by atoms with van der Waals surface area (Å²) in [6.07, 6.45) is -2.10. The number of benzene rings is 1. The lowest BCUT2D eigenvalue weighted by molar-refractivity contribution is -0.159. The molecule has 0 aliphatic carbocycles. The van der Waals surface area contributed by atoms with Crippen LogP contribution in [0.25, 0.3) is 11.4 Å². The number of fused-ring (bicyclic) bond motifs is 2. The maximum absolute atomic E-state index is 13.1. The molecule has 0 unspecified atom stereocenters. The van der Waals surface area contributed by atoms with Gasteiger partial charge >= 0.3 is 12.1 Å². The number of piperazine rings is 1. The van der Waals surface area contributed by atoms with E-state index in [1.165, 1.54) is 6.07 Å². The zero-order chi connectivity index (χ0) is 20.9. The Morgan fingerprint density at radius 1 is 1.10 bits per heavy atom. The summed E-state index contributed by atoms with van der Waals surface area (Å²) in [6, 6.07) is 12.3. The van der Waals surface area contributed by atoms with Crippen LogP contribution < -0.4 is 4.90 Å². The first kappa shape index (κ1) is 18.6. The first-order chi connectivity index (χ1) is 14.4. The van der Waals surface area contributed by atoms with Gasteiger partial charge in [-0.2, -0.15) is 18.2 Å². The number of alkyl halides is 3. The van der Waals surface area contributed by atoms with Crippen LogP contribution in [-0.4, -0.2) is 51.1 Å². The van der Waals surface area contributed by atoms with Gasteiger partial charge in [0.1, 0.15) is 5.82 Å². The third-order valence-corrected chi connectivity index (χ3v) is 5.48. The second-order valence-electron chi connectivity index (χ2n) is 7.34. The van der Waals surface area contributed by atoms with E-state index < -0.39 is 12.1 Å². The lowest BCUT2D eigenvalue weighted by Gasteiger charge is -2.35. The van der Waals surface area contributed by atoms with Gasteiger partial charge in [-0.1, -0.05) is 23.4 Å². The number of anilines is 1. The van der Waals surface area contributed by atoms with E-state index in [0.717, 1.165) is 12.2 Å². The molecule has 1 aromatic carbocycles. The average molecular weight is 415 g/mol. The van der Waals surface area contributed by atoms with Crippen molar-refractivity contribution in [1.29, 1.82) is 0 Å². The predicted molar refractivity (Wildman–Crippen MR) is 99.5 cm³/mol. The number of hydrogen-bond acceptors (Lipinski definition) is 6. The third kappa shape index (κ3) is 3.17. The van der Waals surface area contributed by atoms with Gasteiger partial charge in [0, 0.05) is 30.4 Å². The Morgan fingerprint density at radius 2 is 1.97 bits per heavy atom. The number of halogens is 3. The Hall–Kier alpha value is -3.43. The standard InChI is InChI=1S/C20H16F3N5O2/c21-20(22,23)19-25-17(26-30-19)12-4-3-5-13(8-12)18(29)28-11-14-9-15(28)10-27(14)16-6-1-2-7-24-16/h1-8,14-15H,9-11H2/t14-,15+/m0/s1. The Balaban J connectivity index is 1.34. The molecule has 0 radical (unpaired) electrons. The number of nitrogens with zero attached hydrogens (tertiary/aromatic N) is 5. The fourth-order valence-electron chi connectivity index (χ4n) is 4.13. The van der Waals surface area contributed by atoms with Gasteiger partial charge in [0.2, 0.25) is 5.82 Å². The maximum Gasteiger partial charge on any atom is 0.471 e. The van der Waals surface area contributed by atoms with Crippen molar-refractivity contribution in [2.45, 2.75) is 24.7 Å². The van der Waals surface area contributed by atoms with Crippen LogP contribution in [0.15, 0.2) is 53.2 Å². The van der Waals surface area contributed by atoms with Gasteiger partial charge < -0.3 is 14.3 Å². The molecular weight excluding hydrogens is 399 g/mol. The van der Waals surface area contributed by atoms with E-state index in [4.69, 9.17) is 0 Å². The number of pyridine rings is 1. The highest BCUT2D eigenvalue weighted by Gasteiger charge is 2.46. The van der Waals surface area contributed by atoms with E-state index in [1.54, 1.807) is 24.4 Å². The predicted octanol–water partition coefficient (Wildman–Crippen LogP) is 3.25. The van der Waals surface area contributed by atoms with Gasteiger partial charge in [-0.05, 0) is 30.7 Å². The summed E-state index contributed by atoms with van der Waals surface area (Å²) in [5.74, 6) is -0.886. The first-order valence-electron chi connectivity index (χ1n) is 9.40. The number of hydrogen-bond donors (Lipinski definition) is 0. The fourth-order valence-corrected chi connectivity index (χ4v) is 4.13. The van der Waals surface area contributed by atoms with Crippen LogP contribution in [0.5, 0.6) is 0 Å². The highest BCUT2D eigenvalue weighted by atomic mass is 19.4. The van der Waals surface area contributed by atoms with Crippen molar-refractivity contribution >= 4 is 11.7 Å². The number of carbonyl (C=O) groups is 1. The van der Waals surface area contributed by atoms with Crippen molar-refractivity contribution in [3.8, 4) is 11.4 Å². The molecule has 4 heterocycles. The van der Waals surface area contributed by atoms with Crippen LogP contribution in [0.4, 0.5) is 19.0 Å². The summed E-state index contributed by atoms with van der Waals surface area (Å²) in [5, 5.41) is 3.39. The maximum atomic E-state index is 13.1. The van der Waals surface area contributed by atoms with E-state index in [0.29, 0.717) is 24.2 Å². The van der Waals surface area contributed by atoms with Crippen molar-refractivity contribution < 1.29 is 22.5 Å². The van der Waals surface area contributed by atoms with Gasteiger partial charge in [-0.15, -0.1) is 0 Å². The highest BCUT2D eigenvalue weighted by Crippen LogP contribution is 2.35. The minimum Gasteiger partial charge on any atom is -0.350 e. The van der Waals surface area contributed by atoms with E-state index in [2.05, 4.69) is 24.5 Å². The molecule has 3 aromatic rings. The van der Waals surface area contributed by atoms with E-state index in [1.807, 2.05) is 23.1 Å². The molecule has 2 aromatic heterocycles. The van der Waals surface area contributed by atoms with Crippen LogP contribution in [0.3, 0.4) is 0 Å². The first-order valence-corrected chi connectivity index (χ1v) is 9.40. The Kier molecular flexibility index (Phi) is 4.23. The van der Waals surface area contributed by atoms with Crippen molar-refractivity contribution in [3.05, 3.63) is 60.1 Å². The molecule has 5 rings (SSSR count). The van der Waals surface area contributed by atoms with Gasteiger partial charge in [0.05, 0.1) is 12.1 Å². The van der Waals surface area contributed by atoms with Crippen LogP contribution >= 0.6 is 0 Å². The number of carbonyl (C=O) groups excluding carboxylic acids is 1. The molecular formula is C20H16F3N5O2. The van der Waals surface area contributed by atoms with Gasteiger partial charge in [0.25, 0.3) is 5.91 Å². The van der Waals surface area contributed by atoms with Crippen molar-refractivity contribution in [3.63, 3.8) is 0 Å². The lowest BCUT2D eigenvalue weighted by atomic mass is 10.1. The van der Waals surface area contributed by atoms with E-state index >= 15 is 0 Å². The summed E-state index contributed by atoms with van der Waals surface area (Å²) in [6.45, 7) is 1.28. The number of aromatic nitrogens is 3. The zero-order valence-corrected chi connectivity index (χ0v) is 15.6. The average Bonchev–Trinajstić information content (AvgIpc) is 3.49. The van der Waals surface area contributed by atoms with Crippen molar-refractivity contribution in [2.24, 2.45) is 0 Å². The Morgan fingerprint density at radius 3 is 2.63 bits per heavy atom. The summed E-state index contributed by atoms with van der Waals surface area (Å²) in [5.41, 5.74) is 0.669. The molecule has 2 atom stereocenters. The molecule has 0 spiro atoms. The summed E-state index contributed by atoms with van der Waals surface area (Å²) < 4.78 is 42.4. The molecule has 0 saturated carbocycles. The number of rotatable bonds is 3. The zero-order valence-electron chi connectivity index (χ0n) is 15.6. The molecule has 0 N–H and O–H groups in total. The smallest absolute Gasteiger partial charge is 0.350 e. The van der Waals surface area contributed by atoms with Crippen LogP contribution in [0.1, 0.15) is 22.7 Å². The summed E-state index contributed by atoms with van der Waals surface area (Å²) in [7, 11) is 0. The molecule has 7 nitrogen and oxygen atoms in total. The van der Waals surface area contributed by atoms with Crippen LogP contribution in [0, 0.1) is 0 Å². The molecule has 154 valence electrons. The molecule has 10 heteroatoms. The molecule has 2 aliphatic rings. The minimum absolute atomic E-state index is 0.0650. The number of likely N-dealkylation sites (tertiary alicyclic amines) is 1. The SMILES string of the molecule is O=C(c1cccc(-c2noc(C(F)(F)F)n2)c1)N1C[C@@H]2C[C@@H]1CN2c1ccccn1. The molecule has 2 aliphatic heterocycles. The molecule has 2 bridgehead atoms. The van der Waals surface area contributed by atoms with Gasteiger partial charge in [-0.25, -0.2) is 4.98 Å². The largest absolute Gasteiger partial charge is 0.471 e. The minimum atomic E-state index is -4.72. The summed E-state index contributed by atoms with van der Waals surface area (Å²) >= 11 is 0. The second kappa shape index (κ2) is 6.82. The topological polar surface area (TPSA) is 75.4 Å². The normalized spacial score (nSPS) is 20.8. The van der Waals surface area contributed by atoms with Crippen LogP contribution in [0.2, 0.25) is 0 Å². The highest BCUT2D eigenvalue weighted by molar-refractivity contribution is 5.96. The van der Waals surface area contributed by atoms with E-state index in [-0.39, 0.29) is 23.8 Å². The Labute approximate surface area is 169 Å². The van der Waals surface area contributed by atoms with Gasteiger partial charge in [0.15, 0.2) is 0 Å². The second-order valence-corrected chi connectivity index (χ2v) is 7.34. The molecule has 2 saturated heterocycles. The van der Waals surface area contributed by atoms with E-state index in [9.17, 15) is 18.0 Å². The van der Waals surface area contributed by atoms with Gasteiger partial charge in [-0.3, -0.25) is 4.79 Å². The number of amides is 1. The fraction of sp³-hybridized carbons (Fsp3) is 0.300. The Bertz CT molecular complexity index is 1090. The van der Waals surface area contributed by atoms with Crippen molar-refractivity contribution in [1.82, 2.24) is 20.0 Å². The molecule has 30 heavy (non-hydrogen) atoms.